The van der Waals surface area contributed by atoms with Gasteiger partial charge in [-0.25, -0.2) is 9.59 Å². The summed E-state index contributed by atoms with van der Waals surface area (Å²) >= 11 is 0. The molecule has 0 aromatic heterocycles. The number of fused-ring (bicyclic) bond motifs is 2. The molecule has 0 unspecified atom stereocenters. The third-order valence-corrected chi connectivity index (χ3v) is 9.23. The van der Waals surface area contributed by atoms with E-state index in [2.05, 4.69) is 0 Å². The fraction of sp³-hybridized carbons (Fsp3) is 0.654. The largest absolute Gasteiger partial charge is 0.456 e. The van der Waals surface area contributed by atoms with Crippen LogP contribution in [0.1, 0.15) is 52.0 Å². The quantitative estimate of drug-likeness (QED) is 0.490. The number of rotatable bonds is 4. The van der Waals surface area contributed by atoms with Crippen LogP contribution >= 0.6 is 0 Å². The van der Waals surface area contributed by atoms with Gasteiger partial charge in [-0.05, 0) is 38.2 Å². The van der Waals surface area contributed by atoms with Crippen molar-refractivity contribution in [2.45, 2.75) is 64.8 Å². The standard InChI is InChI=1S/C26H33NO7/c1-23(2)24(3)9-10-26(23,34-20(24)28)21(29)33-19-16-31-17-25(19)11-13-27(14-12-25)22(30)32-15-18-7-5-4-6-8-18/h4-8,19H,9-17H2,1-3H3/t19-,24-,26+/m0/s1. The number of likely N-dealkylation sites (tertiary alicyclic amines) is 1. The van der Waals surface area contributed by atoms with Crippen molar-refractivity contribution in [3.05, 3.63) is 35.9 Å². The molecule has 5 rings (SSSR count). The van der Waals surface area contributed by atoms with Crippen LogP contribution in [0.4, 0.5) is 4.79 Å². The van der Waals surface area contributed by atoms with E-state index in [9.17, 15) is 14.4 Å². The summed E-state index contributed by atoms with van der Waals surface area (Å²) in [5.41, 5.74) is -1.98. The van der Waals surface area contributed by atoms with Crippen LogP contribution in [0.25, 0.3) is 0 Å². The molecule has 3 aliphatic heterocycles. The lowest BCUT2D eigenvalue weighted by Crippen LogP contribution is -2.53. The molecule has 1 amide bonds. The van der Waals surface area contributed by atoms with E-state index in [-0.39, 0.29) is 24.1 Å². The monoisotopic (exact) mass is 471 g/mol. The maximum Gasteiger partial charge on any atom is 0.410 e. The fourth-order valence-electron chi connectivity index (χ4n) is 6.14. The van der Waals surface area contributed by atoms with E-state index in [1.165, 1.54) is 0 Å². The zero-order valence-electron chi connectivity index (χ0n) is 20.1. The summed E-state index contributed by atoms with van der Waals surface area (Å²) in [7, 11) is 0. The summed E-state index contributed by atoms with van der Waals surface area (Å²) in [6.07, 6.45) is 1.62. The van der Waals surface area contributed by atoms with Crippen LogP contribution in [-0.2, 0) is 35.1 Å². The summed E-state index contributed by atoms with van der Waals surface area (Å²) < 4.78 is 23.0. The van der Waals surface area contributed by atoms with Crippen molar-refractivity contribution in [1.29, 1.82) is 0 Å². The number of benzene rings is 1. The molecule has 3 heterocycles. The predicted molar refractivity (Wildman–Crippen MR) is 121 cm³/mol. The Morgan fingerprint density at radius 3 is 2.38 bits per heavy atom. The lowest BCUT2D eigenvalue weighted by atomic mass is 9.66. The highest BCUT2D eigenvalue weighted by molar-refractivity contribution is 5.93. The molecule has 4 fully saturated rings. The zero-order chi connectivity index (χ0) is 24.2. The van der Waals surface area contributed by atoms with Gasteiger partial charge >= 0.3 is 18.0 Å². The molecule has 2 bridgehead atoms. The Bertz CT molecular complexity index is 984. The molecule has 3 atom stereocenters. The Balaban J connectivity index is 1.21. The van der Waals surface area contributed by atoms with Crippen LogP contribution in [0.5, 0.6) is 0 Å². The number of nitrogens with zero attached hydrogens (tertiary/aromatic N) is 1. The highest BCUT2D eigenvalue weighted by atomic mass is 16.6. The molecule has 1 aromatic rings. The van der Waals surface area contributed by atoms with E-state index < -0.39 is 28.5 Å². The summed E-state index contributed by atoms with van der Waals surface area (Å²) in [4.78, 5) is 40.3. The van der Waals surface area contributed by atoms with Gasteiger partial charge in [0.05, 0.1) is 18.6 Å². The Morgan fingerprint density at radius 2 is 1.76 bits per heavy atom. The number of esters is 2. The van der Waals surface area contributed by atoms with Gasteiger partial charge in [0.1, 0.15) is 12.7 Å². The number of piperidine rings is 1. The topological polar surface area (TPSA) is 91.4 Å². The molecule has 1 saturated carbocycles. The van der Waals surface area contributed by atoms with Gasteiger partial charge in [-0.15, -0.1) is 0 Å². The van der Waals surface area contributed by atoms with Crippen molar-refractivity contribution < 1.29 is 33.3 Å². The molecular weight excluding hydrogens is 438 g/mol. The number of hydrogen-bond donors (Lipinski definition) is 0. The number of carbonyl (C=O) groups is 3. The highest BCUT2D eigenvalue weighted by Crippen LogP contribution is 2.66. The normalized spacial score (nSPS) is 33.1. The van der Waals surface area contributed by atoms with Crippen molar-refractivity contribution in [3.8, 4) is 0 Å². The molecule has 1 aliphatic carbocycles. The molecule has 8 heteroatoms. The SMILES string of the molecule is CC1(C)[C@@]2(C)CC[C@]1(C(=O)O[C@H]1COCC13CCN(C(=O)OCc1ccccc1)CC3)OC2=O. The van der Waals surface area contributed by atoms with Crippen LogP contribution in [0, 0.1) is 16.2 Å². The molecule has 34 heavy (non-hydrogen) atoms. The second-order valence-corrected chi connectivity index (χ2v) is 11.0. The van der Waals surface area contributed by atoms with Crippen LogP contribution in [-0.4, -0.2) is 60.9 Å². The van der Waals surface area contributed by atoms with Gasteiger partial charge in [-0.3, -0.25) is 4.79 Å². The number of amides is 1. The first-order valence-corrected chi connectivity index (χ1v) is 12.1. The first-order valence-electron chi connectivity index (χ1n) is 12.1. The van der Waals surface area contributed by atoms with Gasteiger partial charge in [-0.1, -0.05) is 44.2 Å². The highest BCUT2D eigenvalue weighted by Gasteiger charge is 2.76. The first kappa shape index (κ1) is 23.1. The molecule has 8 nitrogen and oxygen atoms in total. The van der Waals surface area contributed by atoms with Gasteiger partial charge in [-0.2, -0.15) is 0 Å². The van der Waals surface area contributed by atoms with E-state index in [4.69, 9.17) is 18.9 Å². The molecule has 0 radical (unpaired) electrons. The Hall–Kier alpha value is -2.61. The van der Waals surface area contributed by atoms with Crippen LogP contribution in [0.2, 0.25) is 0 Å². The van der Waals surface area contributed by atoms with E-state index in [0.717, 1.165) is 5.56 Å². The van der Waals surface area contributed by atoms with Gasteiger partial charge in [0.25, 0.3) is 0 Å². The van der Waals surface area contributed by atoms with Crippen molar-refractivity contribution in [2.24, 2.45) is 16.2 Å². The van der Waals surface area contributed by atoms with Gasteiger partial charge in [0.2, 0.25) is 5.60 Å². The summed E-state index contributed by atoms with van der Waals surface area (Å²) in [6.45, 7) is 7.77. The molecule has 1 aromatic carbocycles. The summed E-state index contributed by atoms with van der Waals surface area (Å²) in [6, 6.07) is 9.58. The van der Waals surface area contributed by atoms with Crippen molar-refractivity contribution in [3.63, 3.8) is 0 Å². The van der Waals surface area contributed by atoms with Gasteiger partial charge in [0, 0.05) is 23.9 Å². The minimum Gasteiger partial charge on any atom is -0.456 e. The second-order valence-electron chi connectivity index (χ2n) is 11.0. The molecule has 184 valence electrons. The number of ether oxygens (including phenoxy) is 4. The van der Waals surface area contributed by atoms with Gasteiger partial charge < -0.3 is 23.8 Å². The van der Waals surface area contributed by atoms with Gasteiger partial charge in [0.15, 0.2) is 0 Å². The lowest BCUT2D eigenvalue weighted by Gasteiger charge is -2.42. The number of hydrogen-bond acceptors (Lipinski definition) is 7. The maximum absolute atomic E-state index is 13.5. The smallest absolute Gasteiger partial charge is 0.410 e. The van der Waals surface area contributed by atoms with Crippen molar-refractivity contribution in [1.82, 2.24) is 4.90 Å². The molecule has 4 aliphatic rings. The summed E-state index contributed by atoms with van der Waals surface area (Å²) in [5, 5.41) is 0. The third kappa shape index (κ3) is 3.25. The third-order valence-electron chi connectivity index (χ3n) is 9.23. The Morgan fingerprint density at radius 1 is 1.06 bits per heavy atom. The van der Waals surface area contributed by atoms with Crippen LogP contribution in [0.3, 0.4) is 0 Å². The fourth-order valence-corrected chi connectivity index (χ4v) is 6.14. The molecule has 1 spiro atoms. The maximum atomic E-state index is 13.5. The minimum absolute atomic E-state index is 0.236. The predicted octanol–water partition coefficient (Wildman–Crippen LogP) is 3.47. The number of carbonyl (C=O) groups excluding carboxylic acids is 3. The van der Waals surface area contributed by atoms with Crippen molar-refractivity contribution in [2.75, 3.05) is 26.3 Å². The van der Waals surface area contributed by atoms with Crippen LogP contribution in [0.15, 0.2) is 30.3 Å². The lowest BCUT2D eigenvalue weighted by molar-refractivity contribution is -0.191. The molecule has 0 N–H and O–H groups in total. The molecule has 3 saturated heterocycles. The van der Waals surface area contributed by atoms with E-state index in [1.54, 1.807) is 4.90 Å². The van der Waals surface area contributed by atoms with Crippen molar-refractivity contribution >= 4 is 18.0 Å². The second kappa shape index (κ2) is 7.97. The Labute approximate surface area is 199 Å². The average molecular weight is 472 g/mol. The molecular formula is C26H33NO7. The Kier molecular flexibility index (Phi) is 5.43. The zero-order valence-corrected chi connectivity index (χ0v) is 20.1. The minimum atomic E-state index is -1.25. The van der Waals surface area contributed by atoms with E-state index in [0.29, 0.717) is 52.0 Å². The summed E-state index contributed by atoms with van der Waals surface area (Å²) in [5.74, 6) is -0.785. The first-order chi connectivity index (χ1) is 16.1. The van der Waals surface area contributed by atoms with E-state index in [1.807, 2.05) is 51.1 Å². The average Bonchev–Trinajstić information content (AvgIpc) is 3.35. The van der Waals surface area contributed by atoms with Crippen LogP contribution < -0.4 is 0 Å². The van der Waals surface area contributed by atoms with E-state index >= 15 is 0 Å².